The highest BCUT2D eigenvalue weighted by molar-refractivity contribution is 6.42. The number of nitrogens with one attached hydrogen (secondary N) is 1. The topological polar surface area (TPSA) is 68.3 Å². The van der Waals surface area contributed by atoms with Gasteiger partial charge in [-0.1, -0.05) is 35.3 Å². The van der Waals surface area contributed by atoms with Crippen molar-refractivity contribution in [3.05, 3.63) is 82.0 Å². The number of ketones is 1. The van der Waals surface area contributed by atoms with Gasteiger partial charge in [0, 0.05) is 18.1 Å². The first-order valence-corrected chi connectivity index (χ1v) is 9.15. The molecular weight excluding hydrogens is 399 g/mol. The van der Waals surface area contributed by atoms with Gasteiger partial charge in [0.25, 0.3) is 5.91 Å². The molecule has 1 amide bonds. The van der Waals surface area contributed by atoms with Crippen LogP contribution in [0.2, 0.25) is 10.0 Å². The second-order valence-electron chi connectivity index (χ2n) is 6.09. The molecule has 0 aliphatic heterocycles. The van der Waals surface area contributed by atoms with Crippen molar-refractivity contribution in [1.82, 2.24) is 4.98 Å². The summed E-state index contributed by atoms with van der Waals surface area (Å²) in [5.74, 6) is 0.767. The summed E-state index contributed by atoms with van der Waals surface area (Å²) in [6.45, 7) is 1.55. The number of pyridine rings is 1. The summed E-state index contributed by atoms with van der Waals surface area (Å²) in [5.41, 5.74) is 1.83. The molecule has 0 radical (unpaired) electrons. The zero-order valence-electron chi connectivity index (χ0n) is 14.9. The Morgan fingerprint density at radius 2 is 1.75 bits per heavy atom. The molecule has 0 spiro atoms. The van der Waals surface area contributed by atoms with Gasteiger partial charge in [-0.05, 0) is 48.9 Å². The fourth-order valence-electron chi connectivity index (χ4n) is 2.44. The Balaban J connectivity index is 1.62. The summed E-state index contributed by atoms with van der Waals surface area (Å²) < 4.78 is 5.67. The maximum absolute atomic E-state index is 12.3. The molecule has 0 unspecified atom stereocenters. The lowest BCUT2D eigenvalue weighted by molar-refractivity contribution is -0.116. The molecule has 7 heteroatoms. The number of benzene rings is 2. The molecular formula is C21H16Cl2N2O3. The fourth-order valence-corrected chi connectivity index (χ4v) is 2.74. The van der Waals surface area contributed by atoms with Crippen molar-refractivity contribution in [3.8, 4) is 11.6 Å². The molecule has 0 aliphatic carbocycles. The van der Waals surface area contributed by atoms with Crippen LogP contribution in [0.25, 0.3) is 0 Å². The van der Waals surface area contributed by atoms with Crippen molar-refractivity contribution in [1.29, 1.82) is 0 Å². The number of hydrogen-bond donors (Lipinski definition) is 1. The molecule has 28 heavy (non-hydrogen) atoms. The molecule has 1 heterocycles. The molecule has 0 bridgehead atoms. The minimum absolute atomic E-state index is 0.105. The van der Waals surface area contributed by atoms with E-state index in [2.05, 4.69) is 10.3 Å². The Labute approximate surface area is 172 Å². The van der Waals surface area contributed by atoms with E-state index in [9.17, 15) is 9.59 Å². The number of nitrogens with zero attached hydrogens (tertiary/aromatic N) is 1. The lowest BCUT2D eigenvalue weighted by atomic mass is 10.1. The second-order valence-corrected chi connectivity index (χ2v) is 6.91. The number of ether oxygens (including phenoxy) is 1. The highest BCUT2D eigenvalue weighted by Gasteiger charge is 2.09. The van der Waals surface area contributed by atoms with E-state index in [0.717, 1.165) is 5.56 Å². The molecule has 0 atom stereocenters. The molecule has 0 saturated carbocycles. The Morgan fingerprint density at radius 3 is 2.36 bits per heavy atom. The normalized spacial score (nSPS) is 10.4. The summed E-state index contributed by atoms with van der Waals surface area (Å²) in [6.07, 6.45) is 1.89. The van der Waals surface area contributed by atoms with Gasteiger partial charge in [0.1, 0.15) is 11.5 Å². The van der Waals surface area contributed by atoms with Crippen LogP contribution < -0.4 is 10.1 Å². The molecule has 5 nitrogen and oxygen atoms in total. The lowest BCUT2D eigenvalue weighted by Crippen LogP contribution is -2.12. The van der Waals surface area contributed by atoms with Gasteiger partial charge in [0.05, 0.1) is 21.9 Å². The number of anilines is 1. The Bertz CT molecular complexity index is 1000. The van der Waals surface area contributed by atoms with Gasteiger partial charge in [-0.3, -0.25) is 9.59 Å². The number of amides is 1. The van der Waals surface area contributed by atoms with Crippen molar-refractivity contribution < 1.29 is 14.3 Å². The Kier molecular flexibility index (Phi) is 6.29. The Morgan fingerprint density at radius 1 is 1.00 bits per heavy atom. The lowest BCUT2D eigenvalue weighted by Gasteiger charge is -2.08. The van der Waals surface area contributed by atoms with Crippen molar-refractivity contribution in [3.63, 3.8) is 0 Å². The summed E-state index contributed by atoms with van der Waals surface area (Å²) in [6, 6.07) is 15.2. The highest BCUT2D eigenvalue weighted by atomic mass is 35.5. The van der Waals surface area contributed by atoms with Gasteiger partial charge >= 0.3 is 0 Å². The van der Waals surface area contributed by atoms with Gasteiger partial charge in [-0.15, -0.1) is 0 Å². The van der Waals surface area contributed by atoms with E-state index < -0.39 is 0 Å². The maximum atomic E-state index is 12.3. The first kappa shape index (κ1) is 19.9. The van der Waals surface area contributed by atoms with Crippen molar-refractivity contribution in [2.24, 2.45) is 0 Å². The minimum Gasteiger partial charge on any atom is -0.439 e. The summed E-state index contributed by atoms with van der Waals surface area (Å²) in [7, 11) is 0. The van der Waals surface area contributed by atoms with Gasteiger partial charge < -0.3 is 10.1 Å². The number of hydrogen-bond acceptors (Lipinski definition) is 4. The average molecular weight is 415 g/mol. The molecule has 142 valence electrons. The van der Waals surface area contributed by atoms with Crippen LogP contribution in [0, 0.1) is 0 Å². The predicted molar refractivity (Wildman–Crippen MR) is 110 cm³/mol. The third kappa shape index (κ3) is 5.31. The van der Waals surface area contributed by atoms with Crippen molar-refractivity contribution in [2.45, 2.75) is 13.3 Å². The van der Waals surface area contributed by atoms with Gasteiger partial charge in [-0.25, -0.2) is 4.98 Å². The van der Waals surface area contributed by atoms with Gasteiger partial charge in [0.15, 0.2) is 0 Å². The first-order valence-electron chi connectivity index (χ1n) is 8.39. The monoisotopic (exact) mass is 414 g/mol. The maximum Gasteiger partial charge on any atom is 0.255 e. The second kappa shape index (κ2) is 8.87. The number of halogens is 2. The fraction of sp³-hybridized carbons (Fsp3) is 0.0952. The smallest absolute Gasteiger partial charge is 0.255 e. The van der Waals surface area contributed by atoms with Crippen LogP contribution in [0.15, 0.2) is 60.8 Å². The van der Waals surface area contributed by atoms with E-state index in [-0.39, 0.29) is 11.7 Å². The quantitative estimate of drug-likeness (QED) is 0.572. The summed E-state index contributed by atoms with van der Waals surface area (Å²) >= 11 is 11.8. The first-order chi connectivity index (χ1) is 13.4. The largest absolute Gasteiger partial charge is 0.439 e. The molecule has 1 N–H and O–H groups in total. The molecule has 3 aromatic rings. The van der Waals surface area contributed by atoms with Crippen molar-refractivity contribution >= 4 is 40.6 Å². The number of rotatable bonds is 6. The minimum atomic E-state index is -0.324. The molecule has 3 rings (SSSR count). The predicted octanol–water partition coefficient (Wildman–Crippen LogP) is 5.56. The number of carbonyl (C=O) groups excluding carboxylic acids is 2. The van der Waals surface area contributed by atoms with E-state index in [4.69, 9.17) is 27.9 Å². The van der Waals surface area contributed by atoms with Crippen LogP contribution in [-0.4, -0.2) is 16.7 Å². The molecule has 1 aromatic heterocycles. The number of carbonyl (C=O) groups is 2. The van der Waals surface area contributed by atoms with E-state index in [1.165, 1.54) is 12.3 Å². The molecule has 0 aliphatic rings. The van der Waals surface area contributed by atoms with Crippen LogP contribution in [0.3, 0.4) is 0 Å². The SMILES string of the molecule is CC(=O)Cc1ccc(Oc2ccc(NC(=O)c3ccc(Cl)c(Cl)c3)cn2)cc1. The molecule has 2 aromatic carbocycles. The number of aromatic nitrogens is 1. The third-order valence-corrected chi connectivity index (χ3v) is 4.51. The van der Waals surface area contributed by atoms with E-state index in [0.29, 0.717) is 39.3 Å². The zero-order chi connectivity index (χ0) is 20.1. The molecule has 0 fully saturated rings. The van der Waals surface area contributed by atoms with Crippen LogP contribution >= 0.6 is 23.2 Å². The van der Waals surface area contributed by atoms with Crippen LogP contribution in [-0.2, 0) is 11.2 Å². The van der Waals surface area contributed by atoms with E-state index >= 15 is 0 Å². The summed E-state index contributed by atoms with van der Waals surface area (Å²) in [4.78, 5) is 27.6. The Hall–Kier alpha value is -2.89. The van der Waals surface area contributed by atoms with Crippen LogP contribution in [0.5, 0.6) is 11.6 Å². The van der Waals surface area contributed by atoms with Gasteiger partial charge in [-0.2, -0.15) is 0 Å². The molecule has 0 saturated heterocycles. The van der Waals surface area contributed by atoms with Gasteiger partial charge in [0.2, 0.25) is 5.88 Å². The highest BCUT2D eigenvalue weighted by Crippen LogP contribution is 2.24. The third-order valence-electron chi connectivity index (χ3n) is 3.77. The summed E-state index contributed by atoms with van der Waals surface area (Å²) in [5, 5.41) is 3.43. The van der Waals surface area contributed by atoms with Crippen LogP contribution in [0.1, 0.15) is 22.8 Å². The number of Topliss-reactive ketones (excluding diaryl/α,β-unsaturated/α-hetero) is 1. The van der Waals surface area contributed by atoms with E-state index in [1.807, 2.05) is 12.1 Å². The van der Waals surface area contributed by atoms with Crippen molar-refractivity contribution in [2.75, 3.05) is 5.32 Å². The standard InChI is InChI=1S/C21H16Cl2N2O3/c1-13(26)10-14-2-6-17(7-3-14)28-20-9-5-16(12-24-20)25-21(27)15-4-8-18(22)19(23)11-15/h2-9,11-12H,10H2,1H3,(H,25,27). The van der Waals surface area contributed by atoms with E-state index in [1.54, 1.807) is 43.3 Å². The van der Waals surface area contributed by atoms with Crippen LogP contribution in [0.4, 0.5) is 5.69 Å². The zero-order valence-corrected chi connectivity index (χ0v) is 16.4. The average Bonchev–Trinajstić information content (AvgIpc) is 2.66.